The number of likely N-dealkylation sites (tertiary alicyclic amines) is 1. The number of carbonyl (C=O) groups excluding carboxylic acids is 1. The fraction of sp³-hybridized carbons (Fsp3) is 0.800. The molecule has 2 aliphatic rings. The Kier molecular flexibility index (Phi) is 4.24. The summed E-state index contributed by atoms with van der Waals surface area (Å²) in [5, 5.41) is 13.2. The van der Waals surface area contributed by atoms with E-state index in [1.807, 2.05) is 4.90 Å². The number of piperidine rings is 1. The van der Waals surface area contributed by atoms with E-state index in [2.05, 4.69) is 17.1 Å². The monoisotopic (exact) mass is 293 g/mol. The molecule has 116 valence electrons. The van der Waals surface area contributed by atoms with Gasteiger partial charge in [0.1, 0.15) is 0 Å². The molecule has 0 aromatic carbocycles. The lowest BCUT2D eigenvalue weighted by Crippen LogP contribution is -2.46. The first kappa shape index (κ1) is 14.5. The van der Waals surface area contributed by atoms with Gasteiger partial charge in [0.05, 0.1) is 0 Å². The number of nitrogens with zero attached hydrogens (tertiary/aromatic N) is 3. The fourth-order valence-corrected chi connectivity index (χ4v) is 2.91. The third kappa shape index (κ3) is 3.43. The van der Waals surface area contributed by atoms with Crippen molar-refractivity contribution in [2.45, 2.75) is 57.4 Å². The number of hydrogen-bond donors (Lipinski definition) is 1. The Hall–Kier alpha value is -1.43. The molecule has 0 bridgehead atoms. The molecule has 6 nitrogen and oxygen atoms in total. The molecule has 1 saturated heterocycles. The van der Waals surface area contributed by atoms with E-state index in [1.54, 1.807) is 0 Å². The highest BCUT2D eigenvalue weighted by Gasteiger charge is 2.30. The van der Waals surface area contributed by atoms with E-state index < -0.39 is 0 Å². The van der Waals surface area contributed by atoms with Crippen LogP contribution >= 0.6 is 0 Å². The Balaban J connectivity index is 1.52. The van der Waals surface area contributed by atoms with Crippen LogP contribution in [0.4, 0.5) is 0 Å². The highest BCUT2D eigenvalue weighted by atomic mass is 16.5. The zero-order valence-corrected chi connectivity index (χ0v) is 12.5. The Bertz CT molecular complexity index is 498. The Morgan fingerprint density at radius 3 is 2.90 bits per heavy atom. The lowest BCUT2D eigenvalue weighted by atomic mass is 9.94. The summed E-state index contributed by atoms with van der Waals surface area (Å²) >= 11 is 0. The van der Waals surface area contributed by atoms with E-state index in [9.17, 15) is 9.90 Å². The van der Waals surface area contributed by atoms with Crippen molar-refractivity contribution in [1.82, 2.24) is 15.0 Å². The molecule has 1 saturated carbocycles. The smallest absolute Gasteiger partial charge is 0.227 e. The molecular weight excluding hydrogens is 270 g/mol. The molecule has 1 aromatic rings. The summed E-state index contributed by atoms with van der Waals surface area (Å²) in [6.07, 6.45) is 5.15. The van der Waals surface area contributed by atoms with Crippen LogP contribution in [-0.4, -0.2) is 45.2 Å². The van der Waals surface area contributed by atoms with Crippen molar-refractivity contribution >= 4 is 5.91 Å². The number of aryl methyl sites for hydroxylation is 1. The third-order valence-corrected chi connectivity index (χ3v) is 4.54. The summed E-state index contributed by atoms with van der Waals surface area (Å²) in [5.74, 6) is 2.17. The van der Waals surface area contributed by atoms with Crippen LogP contribution in [0.15, 0.2) is 4.52 Å². The lowest BCUT2D eigenvalue weighted by Gasteiger charge is -2.37. The van der Waals surface area contributed by atoms with Crippen LogP contribution < -0.4 is 0 Å². The molecule has 3 rings (SSSR count). The van der Waals surface area contributed by atoms with Crippen molar-refractivity contribution in [3.63, 3.8) is 0 Å². The second-order valence-corrected chi connectivity index (χ2v) is 6.34. The first-order chi connectivity index (χ1) is 10.2. The van der Waals surface area contributed by atoms with E-state index in [0.29, 0.717) is 31.2 Å². The van der Waals surface area contributed by atoms with Gasteiger partial charge in [0.15, 0.2) is 5.82 Å². The van der Waals surface area contributed by atoms with Crippen LogP contribution in [0.3, 0.4) is 0 Å². The number of aliphatic hydroxyl groups is 1. The maximum Gasteiger partial charge on any atom is 0.227 e. The molecule has 1 N–H and O–H groups in total. The van der Waals surface area contributed by atoms with Crippen LogP contribution in [0, 0.1) is 5.92 Å². The Morgan fingerprint density at radius 1 is 1.38 bits per heavy atom. The second-order valence-electron chi connectivity index (χ2n) is 6.34. The predicted octanol–water partition coefficient (Wildman–Crippen LogP) is 1.50. The first-order valence-corrected chi connectivity index (χ1v) is 7.90. The van der Waals surface area contributed by atoms with Crippen molar-refractivity contribution < 1.29 is 14.4 Å². The summed E-state index contributed by atoms with van der Waals surface area (Å²) in [4.78, 5) is 18.6. The molecule has 2 fully saturated rings. The van der Waals surface area contributed by atoms with Gasteiger partial charge in [-0.3, -0.25) is 4.79 Å². The normalized spacial score (nSPS) is 26.1. The average molecular weight is 293 g/mol. The minimum Gasteiger partial charge on any atom is -0.396 e. The standard InChI is InChI=1S/C15H23N3O3/c1-10-2-3-11(9-19)8-18(10)14(20)7-6-13-16-15(17-21-13)12-4-5-12/h10-12,19H,2-9H2,1H3. The zero-order valence-electron chi connectivity index (χ0n) is 12.5. The van der Waals surface area contributed by atoms with Crippen molar-refractivity contribution in [2.24, 2.45) is 5.92 Å². The summed E-state index contributed by atoms with van der Waals surface area (Å²) in [7, 11) is 0. The van der Waals surface area contributed by atoms with Gasteiger partial charge in [-0.15, -0.1) is 0 Å². The number of aromatic nitrogens is 2. The largest absolute Gasteiger partial charge is 0.396 e. The minimum absolute atomic E-state index is 0.117. The van der Waals surface area contributed by atoms with Crippen LogP contribution in [-0.2, 0) is 11.2 Å². The summed E-state index contributed by atoms with van der Waals surface area (Å²) in [5.41, 5.74) is 0. The summed E-state index contributed by atoms with van der Waals surface area (Å²) in [6.45, 7) is 2.89. The van der Waals surface area contributed by atoms with Gasteiger partial charge in [-0.25, -0.2) is 0 Å². The van der Waals surface area contributed by atoms with Crippen LogP contribution in [0.5, 0.6) is 0 Å². The number of rotatable bonds is 5. The molecule has 2 atom stereocenters. The molecule has 6 heteroatoms. The zero-order chi connectivity index (χ0) is 14.8. The number of hydrogen-bond acceptors (Lipinski definition) is 5. The van der Waals surface area contributed by atoms with E-state index in [1.165, 1.54) is 0 Å². The van der Waals surface area contributed by atoms with Crippen molar-refractivity contribution in [1.29, 1.82) is 0 Å². The fourth-order valence-electron chi connectivity index (χ4n) is 2.91. The van der Waals surface area contributed by atoms with Crippen molar-refractivity contribution in [3.05, 3.63) is 11.7 Å². The molecule has 1 amide bonds. The summed E-state index contributed by atoms with van der Waals surface area (Å²) < 4.78 is 5.20. The maximum absolute atomic E-state index is 12.4. The van der Waals surface area contributed by atoms with E-state index >= 15 is 0 Å². The Morgan fingerprint density at radius 2 is 2.19 bits per heavy atom. The highest BCUT2D eigenvalue weighted by Crippen LogP contribution is 2.38. The van der Waals surface area contributed by atoms with Gasteiger partial charge < -0.3 is 14.5 Å². The Labute approximate surface area is 124 Å². The molecule has 1 aliphatic heterocycles. The molecule has 2 unspecified atom stereocenters. The molecular formula is C15H23N3O3. The molecule has 0 radical (unpaired) electrons. The van der Waals surface area contributed by atoms with Gasteiger partial charge in [0.25, 0.3) is 0 Å². The quantitative estimate of drug-likeness (QED) is 0.890. The molecule has 0 spiro atoms. The second kappa shape index (κ2) is 6.13. The first-order valence-electron chi connectivity index (χ1n) is 7.90. The van der Waals surface area contributed by atoms with E-state index in [4.69, 9.17) is 4.52 Å². The molecule has 1 aliphatic carbocycles. The van der Waals surface area contributed by atoms with Crippen LogP contribution in [0.25, 0.3) is 0 Å². The lowest BCUT2D eigenvalue weighted by molar-refractivity contribution is -0.136. The van der Waals surface area contributed by atoms with E-state index in [-0.39, 0.29) is 24.5 Å². The third-order valence-electron chi connectivity index (χ3n) is 4.54. The average Bonchev–Trinajstić information content (AvgIpc) is 3.24. The van der Waals surface area contributed by atoms with Crippen molar-refractivity contribution in [2.75, 3.05) is 13.2 Å². The van der Waals surface area contributed by atoms with Gasteiger partial charge in [0.2, 0.25) is 11.8 Å². The van der Waals surface area contributed by atoms with E-state index in [0.717, 1.165) is 31.5 Å². The van der Waals surface area contributed by atoms with Crippen molar-refractivity contribution in [3.8, 4) is 0 Å². The number of aliphatic hydroxyl groups excluding tert-OH is 1. The molecule has 21 heavy (non-hydrogen) atoms. The van der Waals surface area contributed by atoms with Gasteiger partial charge in [-0.05, 0) is 38.5 Å². The van der Waals surface area contributed by atoms with Crippen LogP contribution in [0.2, 0.25) is 0 Å². The summed E-state index contributed by atoms with van der Waals surface area (Å²) in [6, 6.07) is 0.255. The van der Waals surface area contributed by atoms with Gasteiger partial charge in [-0.2, -0.15) is 4.98 Å². The predicted molar refractivity (Wildman–Crippen MR) is 75.6 cm³/mol. The topological polar surface area (TPSA) is 79.5 Å². The van der Waals surface area contributed by atoms with Gasteiger partial charge in [0, 0.05) is 38.0 Å². The molecule has 1 aromatic heterocycles. The van der Waals surface area contributed by atoms with Gasteiger partial charge in [-0.1, -0.05) is 5.16 Å². The number of carbonyl (C=O) groups is 1. The highest BCUT2D eigenvalue weighted by molar-refractivity contribution is 5.76. The SMILES string of the molecule is CC1CCC(CO)CN1C(=O)CCc1nc(C2CC2)no1. The minimum atomic E-state index is 0.117. The maximum atomic E-state index is 12.4. The number of amides is 1. The van der Waals surface area contributed by atoms with Gasteiger partial charge >= 0.3 is 0 Å². The van der Waals surface area contributed by atoms with Crippen LogP contribution in [0.1, 0.15) is 56.7 Å². The molecule has 2 heterocycles.